The third kappa shape index (κ3) is 1.18. The van der Waals surface area contributed by atoms with Crippen molar-refractivity contribution in [2.45, 2.75) is 6.23 Å². The Hall–Kier alpha value is -2.02. The van der Waals surface area contributed by atoms with Gasteiger partial charge in [-0.3, -0.25) is 4.57 Å². The van der Waals surface area contributed by atoms with Gasteiger partial charge in [-0.15, -0.1) is 0 Å². The van der Waals surface area contributed by atoms with Crippen LogP contribution < -0.4 is 5.73 Å². The summed E-state index contributed by atoms with van der Waals surface area (Å²) in [5.41, 5.74) is 6.50. The molecule has 1 aliphatic heterocycles. The van der Waals surface area contributed by atoms with Crippen LogP contribution in [0.2, 0.25) is 0 Å². The molecule has 0 saturated heterocycles. The van der Waals surface area contributed by atoms with Crippen molar-refractivity contribution in [3.05, 3.63) is 31.2 Å². The molecule has 2 aromatic rings. The van der Waals surface area contributed by atoms with Crippen LogP contribution in [-0.4, -0.2) is 19.5 Å². The van der Waals surface area contributed by atoms with Gasteiger partial charge in [0, 0.05) is 0 Å². The van der Waals surface area contributed by atoms with Crippen LogP contribution in [0.1, 0.15) is 6.23 Å². The highest BCUT2D eigenvalue weighted by Crippen LogP contribution is 2.30. The number of aromatic nitrogens is 4. The first-order valence-corrected chi connectivity index (χ1v) is 4.55. The number of nitrogen functional groups attached to an aromatic ring is 1. The van der Waals surface area contributed by atoms with E-state index in [4.69, 9.17) is 10.5 Å². The van der Waals surface area contributed by atoms with Gasteiger partial charge in [0.15, 0.2) is 17.7 Å². The maximum atomic E-state index is 13.4. The zero-order valence-electron chi connectivity index (χ0n) is 8.04. The predicted octanol–water partition coefficient (Wildman–Crippen LogP) is 0.952. The van der Waals surface area contributed by atoms with Crippen molar-refractivity contribution in [1.82, 2.24) is 19.5 Å². The molecular formula is C9H7FN5O. The minimum Gasteiger partial charge on any atom is -0.382 e. The summed E-state index contributed by atoms with van der Waals surface area (Å²) in [4.78, 5) is 11.8. The normalized spacial score (nSPS) is 20.3. The molecule has 1 radical (unpaired) electrons. The fraction of sp³-hybridized carbons (Fsp3) is 0.111. The highest BCUT2D eigenvalue weighted by molar-refractivity contribution is 5.81. The lowest BCUT2D eigenvalue weighted by atomic mass is 10.4. The second kappa shape index (κ2) is 3.24. The molecule has 0 spiro atoms. The van der Waals surface area contributed by atoms with Crippen molar-refractivity contribution in [1.29, 1.82) is 0 Å². The van der Waals surface area contributed by atoms with Gasteiger partial charge in [-0.1, -0.05) is 0 Å². The number of ether oxygens (including phenoxy) is 1. The van der Waals surface area contributed by atoms with Crippen LogP contribution in [0.4, 0.5) is 10.2 Å². The molecular weight excluding hydrogens is 213 g/mol. The standard InChI is InChI=1S/C9H7FN5O/c10-5-1-2-16-9(5)15-4-14-6-7(11)12-3-13-8(6)15/h1-4,9H,(H2,11,12,13). The first-order chi connectivity index (χ1) is 7.77. The van der Waals surface area contributed by atoms with E-state index in [1.165, 1.54) is 29.9 Å². The lowest BCUT2D eigenvalue weighted by Gasteiger charge is -2.11. The van der Waals surface area contributed by atoms with Crippen LogP contribution in [-0.2, 0) is 4.74 Å². The average Bonchev–Trinajstić information content (AvgIpc) is 2.84. The third-order valence-electron chi connectivity index (χ3n) is 2.31. The van der Waals surface area contributed by atoms with E-state index in [1.54, 1.807) is 0 Å². The zero-order valence-corrected chi connectivity index (χ0v) is 8.04. The molecule has 0 bridgehead atoms. The maximum Gasteiger partial charge on any atom is 0.189 e. The Morgan fingerprint density at radius 1 is 1.38 bits per heavy atom. The first kappa shape index (κ1) is 9.22. The minimum atomic E-state index is -0.848. The Labute approximate surface area is 89.6 Å². The molecule has 1 unspecified atom stereocenters. The monoisotopic (exact) mass is 220 g/mol. The van der Waals surface area contributed by atoms with E-state index in [0.29, 0.717) is 11.2 Å². The van der Waals surface area contributed by atoms with Crippen LogP contribution in [0, 0.1) is 6.61 Å². The Morgan fingerprint density at radius 2 is 2.25 bits per heavy atom. The molecule has 3 heterocycles. The fourth-order valence-electron chi connectivity index (χ4n) is 1.57. The number of fused-ring (bicyclic) bond motifs is 1. The average molecular weight is 220 g/mol. The number of halogens is 1. The minimum absolute atomic E-state index is 0.259. The summed E-state index contributed by atoms with van der Waals surface area (Å²) in [6, 6.07) is 0. The number of imidazole rings is 1. The van der Waals surface area contributed by atoms with Crippen molar-refractivity contribution in [3.8, 4) is 0 Å². The second-order valence-electron chi connectivity index (χ2n) is 3.26. The molecule has 81 valence electrons. The maximum absolute atomic E-state index is 13.4. The van der Waals surface area contributed by atoms with Gasteiger partial charge < -0.3 is 10.5 Å². The molecule has 0 aromatic carbocycles. The number of nitrogens with zero attached hydrogens (tertiary/aromatic N) is 4. The number of nitrogens with two attached hydrogens (primary N) is 1. The number of hydrogen-bond donors (Lipinski definition) is 1. The summed E-state index contributed by atoms with van der Waals surface area (Å²) in [5, 5.41) is 0. The molecule has 1 atom stereocenters. The molecule has 2 N–H and O–H groups in total. The van der Waals surface area contributed by atoms with E-state index in [1.807, 2.05) is 0 Å². The van der Waals surface area contributed by atoms with E-state index < -0.39 is 12.1 Å². The van der Waals surface area contributed by atoms with Gasteiger partial charge in [0.2, 0.25) is 0 Å². The van der Waals surface area contributed by atoms with Gasteiger partial charge in [0.05, 0.1) is 6.33 Å². The van der Waals surface area contributed by atoms with Crippen molar-refractivity contribution < 1.29 is 9.13 Å². The lowest BCUT2D eigenvalue weighted by Crippen LogP contribution is -2.08. The molecule has 0 fully saturated rings. The number of hydrogen-bond acceptors (Lipinski definition) is 5. The largest absolute Gasteiger partial charge is 0.382 e. The molecule has 0 saturated carbocycles. The van der Waals surface area contributed by atoms with Crippen molar-refractivity contribution in [3.63, 3.8) is 0 Å². The molecule has 16 heavy (non-hydrogen) atoms. The smallest absolute Gasteiger partial charge is 0.189 e. The van der Waals surface area contributed by atoms with Gasteiger partial charge in [-0.25, -0.2) is 19.3 Å². The van der Waals surface area contributed by atoms with Crippen LogP contribution in [0.25, 0.3) is 11.2 Å². The molecule has 7 heteroatoms. The Balaban J connectivity index is 2.18. The van der Waals surface area contributed by atoms with Crippen LogP contribution in [0.15, 0.2) is 24.6 Å². The Bertz CT molecular complexity index is 578. The summed E-state index contributed by atoms with van der Waals surface area (Å²) in [6.07, 6.45) is 3.13. The predicted molar refractivity (Wildman–Crippen MR) is 53.3 cm³/mol. The van der Waals surface area contributed by atoms with Crippen molar-refractivity contribution in [2.75, 3.05) is 5.73 Å². The highest BCUT2D eigenvalue weighted by atomic mass is 19.1. The van der Waals surface area contributed by atoms with Crippen LogP contribution in [0.5, 0.6) is 0 Å². The molecule has 3 rings (SSSR count). The molecule has 6 nitrogen and oxygen atoms in total. The van der Waals surface area contributed by atoms with Crippen molar-refractivity contribution in [2.24, 2.45) is 0 Å². The molecule has 1 aliphatic rings. The topological polar surface area (TPSA) is 78.9 Å². The fourth-order valence-corrected chi connectivity index (χ4v) is 1.57. The third-order valence-corrected chi connectivity index (χ3v) is 2.31. The van der Waals surface area contributed by atoms with Gasteiger partial charge in [-0.05, 0) is 6.08 Å². The van der Waals surface area contributed by atoms with Gasteiger partial charge in [0.25, 0.3) is 0 Å². The first-order valence-electron chi connectivity index (χ1n) is 4.55. The summed E-state index contributed by atoms with van der Waals surface area (Å²) in [7, 11) is 0. The van der Waals surface area contributed by atoms with Gasteiger partial charge >= 0.3 is 0 Å². The quantitative estimate of drug-likeness (QED) is 0.774. The Morgan fingerprint density at radius 3 is 3.00 bits per heavy atom. The van der Waals surface area contributed by atoms with Crippen molar-refractivity contribution >= 4 is 17.0 Å². The van der Waals surface area contributed by atoms with Gasteiger partial charge in [-0.2, -0.15) is 0 Å². The molecule has 0 aliphatic carbocycles. The highest BCUT2D eigenvalue weighted by Gasteiger charge is 2.24. The van der Waals surface area contributed by atoms with Gasteiger partial charge in [0.1, 0.15) is 24.3 Å². The van der Waals surface area contributed by atoms with Crippen LogP contribution in [0.3, 0.4) is 0 Å². The SMILES string of the molecule is Nc1ncnc2c1ncn2C1O[CH]C=C1F. The lowest BCUT2D eigenvalue weighted by molar-refractivity contribution is 0.0935. The van der Waals surface area contributed by atoms with E-state index in [2.05, 4.69) is 15.0 Å². The summed E-state index contributed by atoms with van der Waals surface area (Å²) in [5.74, 6) is -0.147. The molecule has 2 aromatic heterocycles. The second-order valence-corrected chi connectivity index (χ2v) is 3.26. The summed E-state index contributed by atoms with van der Waals surface area (Å²) >= 11 is 0. The van der Waals surface area contributed by atoms with E-state index in [0.717, 1.165) is 0 Å². The number of anilines is 1. The zero-order chi connectivity index (χ0) is 11.1. The molecule has 0 amide bonds. The Kier molecular flexibility index (Phi) is 1.87. The summed E-state index contributed by atoms with van der Waals surface area (Å²) < 4.78 is 19.9. The number of rotatable bonds is 1. The van der Waals surface area contributed by atoms with E-state index in [-0.39, 0.29) is 5.82 Å². The van der Waals surface area contributed by atoms with E-state index >= 15 is 0 Å². The van der Waals surface area contributed by atoms with E-state index in [9.17, 15) is 4.39 Å². The summed E-state index contributed by atoms with van der Waals surface area (Å²) in [6.45, 7) is 1.29. The van der Waals surface area contributed by atoms with Crippen LogP contribution >= 0.6 is 0 Å².